The Hall–Kier alpha value is 0.479. The molecule has 1 N–H and O–H groups in total. The van der Waals surface area contributed by atoms with E-state index >= 15 is 0 Å². The van der Waals surface area contributed by atoms with E-state index in [2.05, 4.69) is 26.1 Å². The van der Waals surface area contributed by atoms with Gasteiger partial charge in [-0.05, 0) is 0 Å². The molecular weight excluding hydrogens is 310 g/mol. The molecule has 0 saturated carbocycles. The van der Waals surface area contributed by atoms with E-state index < -0.39 is 6.51 Å². The number of fused-ring (bicyclic) bond motifs is 10. The molecule has 1 nitrogen and oxygen atoms in total. The molecule has 0 aromatic rings. The molecule has 0 aromatic carbocycles. The van der Waals surface area contributed by atoms with Crippen molar-refractivity contribution >= 4 is 0 Å². The molecule has 4 atom stereocenters. The predicted octanol–water partition coefficient (Wildman–Crippen LogP) is 6.08. The van der Waals surface area contributed by atoms with Gasteiger partial charge in [0.15, 0.2) is 0 Å². The molecule has 0 radical (unpaired) electrons. The average molecular weight is 341 g/mol. The monoisotopic (exact) mass is 341 g/mol. The van der Waals surface area contributed by atoms with E-state index in [1.807, 2.05) is 0 Å². The summed E-state index contributed by atoms with van der Waals surface area (Å²) in [6.07, 6.45) is 7.09. The molecule has 0 amide bonds. The molecule has 124 valence electrons. The molecule has 0 aliphatic carbocycles. The predicted molar refractivity (Wildman–Crippen MR) is 87.3 cm³/mol. The summed E-state index contributed by atoms with van der Waals surface area (Å²) in [5, 5.41) is 4.19. The van der Waals surface area contributed by atoms with Gasteiger partial charge in [0, 0.05) is 0 Å². The number of hydrogen-bond acceptors (Lipinski definition) is 1. The molecule has 10 aliphatic rings. The van der Waals surface area contributed by atoms with Crippen molar-refractivity contribution < 1.29 is 6.51 Å². The van der Waals surface area contributed by atoms with Crippen LogP contribution in [-0.4, -0.2) is 12.1 Å². The van der Waals surface area contributed by atoms with E-state index in [4.69, 9.17) is 0 Å². The second kappa shape index (κ2) is 1.08. The van der Waals surface area contributed by atoms with Gasteiger partial charge in [-0.25, -0.2) is 0 Å². The van der Waals surface area contributed by atoms with Gasteiger partial charge in [-0.2, -0.15) is 0 Å². The zero-order valence-corrected chi connectivity index (χ0v) is 15.4. The second-order valence-electron chi connectivity index (χ2n) is 13.9. The zero-order valence-electron chi connectivity index (χ0n) is 14.3. The van der Waals surface area contributed by atoms with Crippen LogP contribution in [0.3, 0.4) is 0 Å². The normalized spacial score (nSPS) is 95.7. The number of rotatable bonds is 8. The Kier molecular flexibility index (Phi) is 0.512. The Balaban J connectivity index is 1.01. The first-order chi connectivity index (χ1) is 10.3. The Labute approximate surface area is 124 Å². The summed E-state index contributed by atoms with van der Waals surface area (Å²) in [5.74, 6) is 0. The number of hydrogen-bond donors (Lipinski definition) is 1. The molecule has 10 rings (SSSR count). The maximum atomic E-state index is 4.19. The minimum absolute atomic E-state index is 0.412. The number of unbranched alkanes of at least 4 members (excludes halogenated alkanes) is 3. The molecule has 0 bridgehead atoms. The molecule has 1 spiro atoms. The summed E-state index contributed by atoms with van der Waals surface area (Å²) in [6, 6.07) is 0. The van der Waals surface area contributed by atoms with E-state index in [1.54, 1.807) is 0 Å². The molecular formula is C20H31FeN. The first-order valence-corrected chi connectivity index (χ1v) is 16.6. The van der Waals surface area contributed by atoms with Crippen LogP contribution < -0.4 is 5.32 Å². The van der Waals surface area contributed by atoms with Crippen LogP contribution in [0.25, 0.3) is 0 Å². The van der Waals surface area contributed by atoms with E-state index in [1.165, 1.54) is 82.0 Å². The zero-order chi connectivity index (χ0) is 14.5. The molecule has 0 aromatic heterocycles. The quantitative estimate of drug-likeness (QED) is 0.416. The summed E-state index contributed by atoms with van der Waals surface area (Å²) in [6.45, 7) is 6.06. The van der Waals surface area contributed by atoms with Crippen LogP contribution in [-0.2, 0) is 6.51 Å². The third-order valence-corrected chi connectivity index (χ3v) is 60.4. The van der Waals surface area contributed by atoms with E-state index in [9.17, 15) is 0 Å². The van der Waals surface area contributed by atoms with Gasteiger partial charge in [0.05, 0.1) is 0 Å². The Morgan fingerprint density at radius 1 is 0.864 bits per heavy atom. The minimum atomic E-state index is -2.78. The van der Waals surface area contributed by atoms with Gasteiger partial charge in [0.25, 0.3) is 0 Å². The van der Waals surface area contributed by atoms with E-state index in [0.29, 0.717) is 5.54 Å². The Morgan fingerprint density at radius 2 is 1.45 bits per heavy atom. The molecule has 22 heavy (non-hydrogen) atoms. The molecule has 10 aliphatic heterocycles. The SMILES string of the molecule is CCCCCCC(C)(C)NC[C]12[CH]3[CH]4[CH]5[CH]1[Fe]45321678[CH]2[CH]1[CH]6[CH]7[CH]28. The van der Waals surface area contributed by atoms with Crippen molar-refractivity contribution in [2.24, 2.45) is 0 Å². The molecule has 10 saturated heterocycles. The summed E-state index contributed by atoms with van der Waals surface area (Å²) >= 11 is 0. The van der Waals surface area contributed by atoms with Crippen LogP contribution in [0, 0.1) is 0 Å². The van der Waals surface area contributed by atoms with Gasteiger partial charge in [-0.15, -0.1) is 0 Å². The third kappa shape index (κ3) is 0.150. The van der Waals surface area contributed by atoms with Crippen molar-refractivity contribution in [1.82, 2.24) is 5.32 Å². The Bertz CT molecular complexity index is 956. The summed E-state index contributed by atoms with van der Waals surface area (Å²) in [7, 11) is 0. The van der Waals surface area contributed by atoms with E-state index in [-0.39, 0.29) is 0 Å². The Morgan fingerprint density at radius 3 is 1.86 bits per heavy atom. The van der Waals surface area contributed by atoms with Crippen LogP contribution in [0.15, 0.2) is 0 Å². The summed E-state index contributed by atoms with van der Waals surface area (Å²) < 4.78 is 1.08. The molecule has 2 heteroatoms. The maximum absolute atomic E-state index is 4.19. The first-order valence-electron chi connectivity index (χ1n) is 10.3. The van der Waals surface area contributed by atoms with Gasteiger partial charge < -0.3 is 0 Å². The summed E-state index contributed by atoms with van der Waals surface area (Å²) in [4.78, 5) is 13.5. The van der Waals surface area contributed by atoms with E-state index in [0.717, 1.165) is 4.31 Å². The third-order valence-electron chi connectivity index (χ3n) is 17.5. The van der Waals surface area contributed by atoms with Crippen LogP contribution in [0.1, 0.15) is 52.9 Å². The van der Waals surface area contributed by atoms with Gasteiger partial charge in [-0.1, -0.05) is 0 Å². The fraction of sp³-hybridized carbons (Fsp3) is 1.00. The van der Waals surface area contributed by atoms with Crippen molar-refractivity contribution in [3.8, 4) is 0 Å². The fourth-order valence-corrected chi connectivity index (χ4v) is 93.3. The van der Waals surface area contributed by atoms with Crippen molar-refractivity contribution in [3.63, 3.8) is 0 Å². The van der Waals surface area contributed by atoms with Gasteiger partial charge in [-0.3, -0.25) is 0 Å². The van der Waals surface area contributed by atoms with Crippen LogP contribution in [0.2, 0.25) is 47.7 Å². The molecule has 4 unspecified atom stereocenters. The van der Waals surface area contributed by atoms with Crippen LogP contribution in [0.4, 0.5) is 0 Å². The average Bonchev–Trinajstić information content (AvgIpc) is 3.43. The number of nitrogens with one attached hydrogen (secondary N) is 1. The van der Waals surface area contributed by atoms with Crippen molar-refractivity contribution in [3.05, 3.63) is 0 Å². The second-order valence-corrected chi connectivity index (χ2v) is 37.6. The summed E-state index contributed by atoms with van der Waals surface area (Å²) in [5.41, 5.74) is 0.412. The molecule has 10 fully saturated rings. The molecule has 10 heterocycles. The van der Waals surface area contributed by atoms with Crippen molar-refractivity contribution in [1.29, 1.82) is 0 Å². The fourth-order valence-electron chi connectivity index (χ4n) is 18.6. The van der Waals surface area contributed by atoms with Crippen LogP contribution >= 0.6 is 0 Å². The van der Waals surface area contributed by atoms with Gasteiger partial charge >= 0.3 is 124 Å². The topological polar surface area (TPSA) is 12.0 Å². The first kappa shape index (κ1) is 10.5. The standard InChI is InChI=1S/C15H26N.C5H5.Fe/c1-4-5-6-9-12-15(2,3)16-13-14-10-7-8-11-14;1-2-4-5-3-1;/h7-8,10-11,16H,4-6,9,12-13H2,1-3H3;1-5H;. The van der Waals surface area contributed by atoms with Crippen LogP contribution in [0.5, 0.6) is 0 Å². The van der Waals surface area contributed by atoms with Crippen molar-refractivity contribution in [2.45, 2.75) is 106 Å². The van der Waals surface area contributed by atoms with Gasteiger partial charge in [0.1, 0.15) is 0 Å². The van der Waals surface area contributed by atoms with Gasteiger partial charge in [0.2, 0.25) is 0 Å². The van der Waals surface area contributed by atoms with Crippen molar-refractivity contribution in [2.75, 3.05) is 6.54 Å².